The van der Waals surface area contributed by atoms with Gasteiger partial charge >= 0.3 is 5.97 Å². The molecule has 0 aliphatic heterocycles. The molecule has 0 aromatic heterocycles. The number of carboxylic acids is 1. The van der Waals surface area contributed by atoms with Crippen LogP contribution in [-0.4, -0.2) is 28.6 Å². The molecule has 8 heteroatoms. The number of nitriles is 1. The molecular formula is C13H12FN3O4. The van der Waals surface area contributed by atoms with Crippen LogP contribution in [0.15, 0.2) is 12.1 Å². The molecule has 0 unspecified atom stereocenters. The molecule has 7 nitrogen and oxygen atoms in total. The largest absolute Gasteiger partial charge is 0.478 e. The third-order valence-corrected chi connectivity index (χ3v) is 3.25. The van der Waals surface area contributed by atoms with Gasteiger partial charge in [-0.1, -0.05) is 0 Å². The first-order valence-corrected chi connectivity index (χ1v) is 6.30. The van der Waals surface area contributed by atoms with E-state index in [1.165, 1.54) is 0 Å². The van der Waals surface area contributed by atoms with E-state index >= 15 is 0 Å². The van der Waals surface area contributed by atoms with Crippen molar-refractivity contribution in [3.05, 3.63) is 33.6 Å². The summed E-state index contributed by atoms with van der Waals surface area (Å²) in [6, 6.07) is 3.58. The Labute approximate surface area is 119 Å². The van der Waals surface area contributed by atoms with Crippen molar-refractivity contribution in [3.63, 3.8) is 0 Å². The van der Waals surface area contributed by atoms with Gasteiger partial charge in [-0.3, -0.25) is 10.1 Å². The minimum atomic E-state index is -1.49. The van der Waals surface area contributed by atoms with Crippen molar-refractivity contribution in [2.45, 2.75) is 25.3 Å². The van der Waals surface area contributed by atoms with E-state index in [2.05, 4.69) is 0 Å². The van der Waals surface area contributed by atoms with E-state index in [1.807, 2.05) is 6.07 Å². The number of nitro benzene ring substituents is 1. The van der Waals surface area contributed by atoms with Crippen molar-refractivity contribution in [3.8, 4) is 6.07 Å². The fourth-order valence-corrected chi connectivity index (χ4v) is 2.15. The van der Waals surface area contributed by atoms with Gasteiger partial charge in [0, 0.05) is 12.6 Å². The SMILES string of the molecule is N#CCCN(c1cc(C(=O)O)c(F)cc1[N+](=O)[O-])C1CC1. The second-order valence-corrected chi connectivity index (χ2v) is 4.72. The Morgan fingerprint density at radius 3 is 2.71 bits per heavy atom. The monoisotopic (exact) mass is 293 g/mol. The van der Waals surface area contributed by atoms with Crippen LogP contribution < -0.4 is 4.90 Å². The molecule has 0 atom stereocenters. The first-order chi connectivity index (χ1) is 9.95. The van der Waals surface area contributed by atoms with E-state index in [1.54, 1.807) is 4.90 Å². The molecule has 1 aromatic carbocycles. The van der Waals surface area contributed by atoms with Crippen LogP contribution in [0.3, 0.4) is 0 Å². The Hall–Kier alpha value is -2.69. The first-order valence-electron chi connectivity index (χ1n) is 6.30. The summed E-state index contributed by atoms with van der Waals surface area (Å²) in [5.74, 6) is -2.63. The van der Waals surface area contributed by atoms with Crippen LogP contribution >= 0.6 is 0 Å². The molecule has 1 aliphatic carbocycles. The quantitative estimate of drug-likeness (QED) is 0.637. The number of rotatable bonds is 6. The predicted octanol–water partition coefficient (Wildman–Crippen LogP) is 2.31. The summed E-state index contributed by atoms with van der Waals surface area (Å²) in [5.41, 5.74) is -1.04. The molecule has 1 saturated carbocycles. The van der Waals surface area contributed by atoms with Gasteiger partial charge in [0.15, 0.2) is 0 Å². The number of anilines is 1. The zero-order valence-electron chi connectivity index (χ0n) is 11.0. The standard InChI is InChI=1S/C13H12FN3O4/c14-10-7-12(17(20)21)11(6-9(10)13(18)19)16(5-1-4-15)8-2-3-8/h6-8H,1-3,5H2,(H,18,19). The molecule has 110 valence electrons. The van der Waals surface area contributed by atoms with Crippen LogP contribution in [0.4, 0.5) is 15.8 Å². The highest BCUT2D eigenvalue weighted by molar-refractivity contribution is 5.90. The maximum Gasteiger partial charge on any atom is 0.338 e. The fourth-order valence-electron chi connectivity index (χ4n) is 2.15. The van der Waals surface area contributed by atoms with Gasteiger partial charge in [0.05, 0.1) is 29.0 Å². The summed E-state index contributed by atoms with van der Waals surface area (Å²) in [4.78, 5) is 22.9. The highest BCUT2D eigenvalue weighted by Gasteiger charge is 2.34. The topological polar surface area (TPSA) is 107 Å². The van der Waals surface area contributed by atoms with Gasteiger partial charge in [-0.2, -0.15) is 5.26 Å². The number of nitrogens with zero attached hydrogens (tertiary/aromatic N) is 3. The van der Waals surface area contributed by atoms with E-state index in [-0.39, 0.29) is 24.7 Å². The highest BCUT2D eigenvalue weighted by atomic mass is 19.1. The van der Waals surface area contributed by atoms with Crippen LogP contribution in [0.1, 0.15) is 29.6 Å². The third-order valence-electron chi connectivity index (χ3n) is 3.25. The minimum Gasteiger partial charge on any atom is -0.478 e. The van der Waals surface area contributed by atoms with Crippen LogP contribution in [0.2, 0.25) is 0 Å². The Morgan fingerprint density at radius 2 is 2.24 bits per heavy atom. The normalized spacial score (nSPS) is 13.5. The van der Waals surface area contributed by atoms with Crippen molar-refractivity contribution >= 4 is 17.3 Å². The summed E-state index contributed by atoms with van der Waals surface area (Å²) in [6.45, 7) is 0.243. The Kier molecular flexibility index (Phi) is 4.03. The Balaban J connectivity index is 2.52. The molecule has 1 fully saturated rings. The van der Waals surface area contributed by atoms with Gasteiger partial charge in [0.25, 0.3) is 5.69 Å². The molecule has 1 N–H and O–H groups in total. The Bertz CT molecular complexity index is 637. The summed E-state index contributed by atoms with van der Waals surface area (Å²) in [6.07, 6.45) is 1.76. The second-order valence-electron chi connectivity index (χ2n) is 4.72. The number of benzene rings is 1. The maximum absolute atomic E-state index is 13.6. The number of carboxylic acid groups (broad SMARTS) is 1. The van der Waals surface area contributed by atoms with Crippen molar-refractivity contribution in [1.82, 2.24) is 0 Å². The van der Waals surface area contributed by atoms with Crippen molar-refractivity contribution in [2.75, 3.05) is 11.4 Å². The Morgan fingerprint density at radius 1 is 1.57 bits per heavy atom. The van der Waals surface area contributed by atoms with Gasteiger partial charge in [0.2, 0.25) is 0 Å². The van der Waals surface area contributed by atoms with Crippen LogP contribution in [-0.2, 0) is 0 Å². The lowest BCUT2D eigenvalue weighted by Gasteiger charge is -2.23. The lowest BCUT2D eigenvalue weighted by molar-refractivity contribution is -0.384. The number of aromatic carboxylic acids is 1. The molecule has 0 bridgehead atoms. The third kappa shape index (κ3) is 3.08. The number of hydrogen-bond acceptors (Lipinski definition) is 5. The van der Waals surface area contributed by atoms with Crippen molar-refractivity contribution in [1.29, 1.82) is 5.26 Å². The molecule has 2 rings (SSSR count). The van der Waals surface area contributed by atoms with Crippen molar-refractivity contribution < 1.29 is 19.2 Å². The van der Waals surface area contributed by atoms with Crippen LogP contribution in [0.25, 0.3) is 0 Å². The van der Waals surface area contributed by atoms with E-state index in [4.69, 9.17) is 10.4 Å². The number of halogens is 1. The highest BCUT2D eigenvalue weighted by Crippen LogP contribution is 2.38. The molecule has 0 spiro atoms. The van der Waals surface area contributed by atoms with Crippen LogP contribution in [0, 0.1) is 27.3 Å². The van der Waals surface area contributed by atoms with Crippen LogP contribution in [0.5, 0.6) is 0 Å². The first kappa shape index (κ1) is 14.7. The smallest absolute Gasteiger partial charge is 0.338 e. The zero-order chi connectivity index (χ0) is 15.6. The summed E-state index contributed by atoms with van der Waals surface area (Å²) < 4.78 is 13.6. The van der Waals surface area contributed by atoms with Gasteiger partial charge in [-0.05, 0) is 18.9 Å². The molecule has 0 radical (unpaired) electrons. The minimum absolute atomic E-state index is 0.0316. The van der Waals surface area contributed by atoms with Gasteiger partial charge < -0.3 is 10.0 Å². The van der Waals surface area contributed by atoms with Gasteiger partial charge in [-0.25, -0.2) is 9.18 Å². The average molecular weight is 293 g/mol. The number of nitro groups is 1. The molecule has 0 amide bonds. The predicted molar refractivity (Wildman–Crippen MR) is 70.6 cm³/mol. The lowest BCUT2D eigenvalue weighted by Crippen LogP contribution is -2.28. The van der Waals surface area contributed by atoms with E-state index < -0.39 is 28.0 Å². The molecular weight excluding hydrogens is 281 g/mol. The van der Waals surface area contributed by atoms with Gasteiger partial charge in [0.1, 0.15) is 11.5 Å². The molecule has 21 heavy (non-hydrogen) atoms. The van der Waals surface area contributed by atoms with E-state index in [9.17, 15) is 19.3 Å². The summed E-state index contributed by atoms with van der Waals surface area (Å²) in [5, 5.41) is 28.7. The lowest BCUT2D eigenvalue weighted by atomic mass is 10.1. The number of carbonyl (C=O) groups is 1. The molecule has 1 aliphatic rings. The molecule has 0 saturated heterocycles. The maximum atomic E-state index is 13.6. The summed E-state index contributed by atoms with van der Waals surface area (Å²) >= 11 is 0. The molecule has 0 heterocycles. The van der Waals surface area contributed by atoms with Crippen molar-refractivity contribution in [2.24, 2.45) is 0 Å². The zero-order valence-corrected chi connectivity index (χ0v) is 11.0. The van der Waals surface area contributed by atoms with Gasteiger partial charge in [-0.15, -0.1) is 0 Å². The summed E-state index contributed by atoms with van der Waals surface area (Å²) in [7, 11) is 0. The van der Waals surface area contributed by atoms with E-state index in [0.717, 1.165) is 18.9 Å². The fraction of sp³-hybridized carbons (Fsp3) is 0.385. The number of hydrogen-bond donors (Lipinski definition) is 1. The average Bonchev–Trinajstić information content (AvgIpc) is 3.24. The molecule has 1 aromatic rings. The van der Waals surface area contributed by atoms with E-state index in [0.29, 0.717) is 6.07 Å². The second kappa shape index (κ2) is 5.75.